The van der Waals surface area contributed by atoms with E-state index in [1.54, 1.807) is 35.9 Å². The summed E-state index contributed by atoms with van der Waals surface area (Å²) < 4.78 is 4.26. The SMILES string of the molecule is Cc1nc(Cn2c(=O)c3c(nc(N4CCC[C@@H](N5C(=O)c6ccccc6C5=O)C4)n3Cc3nc(C)c4ccccc4n3)n(C)c2=O)nc2ccccc12. The third kappa shape index (κ3) is 5.20. The maximum atomic E-state index is 14.6. The topological polar surface area (TPSA) is 154 Å². The zero-order chi connectivity index (χ0) is 36.5. The Morgan fingerprint density at radius 3 is 1.83 bits per heavy atom. The number of benzene rings is 3. The fraction of sp³-hybridized carbons (Fsp3) is 0.256. The van der Waals surface area contributed by atoms with E-state index < -0.39 is 17.3 Å². The van der Waals surface area contributed by atoms with Gasteiger partial charge < -0.3 is 4.90 Å². The number of rotatable bonds is 6. The van der Waals surface area contributed by atoms with Crippen LogP contribution in [0, 0.1) is 13.8 Å². The zero-order valence-corrected chi connectivity index (χ0v) is 29.4. The lowest BCUT2D eigenvalue weighted by molar-refractivity contribution is 0.0569. The molecule has 0 N–H and O–H groups in total. The van der Waals surface area contributed by atoms with Gasteiger partial charge in [-0.2, -0.15) is 4.98 Å². The molecule has 0 unspecified atom stereocenters. The van der Waals surface area contributed by atoms with Crippen molar-refractivity contribution in [2.75, 3.05) is 18.0 Å². The van der Waals surface area contributed by atoms with Crippen molar-refractivity contribution in [1.29, 1.82) is 0 Å². The fourth-order valence-corrected chi connectivity index (χ4v) is 7.79. The minimum absolute atomic E-state index is 0.0741. The average molecular weight is 707 g/mol. The Labute approximate surface area is 302 Å². The van der Waals surface area contributed by atoms with Crippen LogP contribution < -0.4 is 16.1 Å². The average Bonchev–Trinajstić information content (AvgIpc) is 3.67. The molecule has 53 heavy (non-hydrogen) atoms. The lowest BCUT2D eigenvalue weighted by Gasteiger charge is -2.37. The molecular weight excluding hydrogens is 672 g/mol. The van der Waals surface area contributed by atoms with Crippen LogP contribution in [0.5, 0.6) is 0 Å². The fourth-order valence-electron chi connectivity index (χ4n) is 7.79. The van der Waals surface area contributed by atoms with E-state index in [1.165, 1.54) is 9.47 Å². The van der Waals surface area contributed by atoms with Crippen molar-refractivity contribution in [2.24, 2.45) is 7.05 Å². The van der Waals surface area contributed by atoms with Crippen LogP contribution in [0.2, 0.25) is 0 Å². The minimum atomic E-state index is -0.562. The zero-order valence-electron chi connectivity index (χ0n) is 29.4. The second-order valence-electron chi connectivity index (χ2n) is 13.7. The molecule has 0 aliphatic carbocycles. The van der Waals surface area contributed by atoms with Gasteiger partial charge >= 0.3 is 5.69 Å². The number of fused-ring (bicyclic) bond motifs is 4. The smallest absolute Gasteiger partial charge is 0.332 e. The van der Waals surface area contributed by atoms with Gasteiger partial charge in [-0.05, 0) is 51.0 Å². The van der Waals surface area contributed by atoms with E-state index in [0.29, 0.717) is 54.7 Å². The first-order chi connectivity index (χ1) is 25.7. The van der Waals surface area contributed by atoms with Crippen molar-refractivity contribution in [2.45, 2.75) is 45.8 Å². The van der Waals surface area contributed by atoms with Crippen LogP contribution in [0.4, 0.5) is 5.95 Å². The summed E-state index contributed by atoms with van der Waals surface area (Å²) in [4.78, 5) is 82.8. The highest BCUT2D eigenvalue weighted by Gasteiger charge is 2.42. The number of amides is 2. The lowest BCUT2D eigenvalue weighted by atomic mass is 10.0. The Balaban J connectivity index is 1.18. The molecule has 6 heterocycles. The molecule has 0 saturated carbocycles. The van der Waals surface area contributed by atoms with Gasteiger partial charge in [-0.15, -0.1) is 0 Å². The molecule has 0 bridgehead atoms. The van der Waals surface area contributed by atoms with Gasteiger partial charge in [0.15, 0.2) is 11.2 Å². The minimum Gasteiger partial charge on any atom is -0.340 e. The van der Waals surface area contributed by atoms with Gasteiger partial charge in [-0.1, -0.05) is 48.5 Å². The van der Waals surface area contributed by atoms with Crippen molar-refractivity contribution in [3.05, 3.63) is 128 Å². The van der Waals surface area contributed by atoms with Crippen LogP contribution >= 0.6 is 0 Å². The first-order valence-electron chi connectivity index (χ1n) is 17.5. The van der Waals surface area contributed by atoms with Crippen molar-refractivity contribution >= 4 is 50.7 Å². The van der Waals surface area contributed by atoms with Crippen molar-refractivity contribution in [3.8, 4) is 0 Å². The molecule has 3 aromatic carbocycles. The number of aryl methyl sites for hydroxylation is 3. The number of para-hydroxylation sites is 2. The van der Waals surface area contributed by atoms with Gasteiger partial charge in [0.1, 0.15) is 11.6 Å². The molecule has 9 rings (SSSR count). The molecule has 0 radical (unpaired) electrons. The second kappa shape index (κ2) is 12.3. The number of hydrogen-bond donors (Lipinski definition) is 0. The molecule has 14 heteroatoms. The Morgan fingerprint density at radius 1 is 0.679 bits per heavy atom. The van der Waals surface area contributed by atoms with E-state index in [0.717, 1.165) is 37.8 Å². The summed E-state index contributed by atoms with van der Waals surface area (Å²) in [6, 6.07) is 21.8. The third-order valence-electron chi connectivity index (χ3n) is 10.4. The van der Waals surface area contributed by atoms with Crippen LogP contribution in [0.25, 0.3) is 33.0 Å². The molecule has 14 nitrogen and oxygen atoms in total. The number of nitrogens with zero attached hydrogens (tertiary/aromatic N) is 10. The van der Waals surface area contributed by atoms with Crippen LogP contribution in [0.15, 0.2) is 82.4 Å². The highest BCUT2D eigenvalue weighted by molar-refractivity contribution is 6.21. The van der Waals surface area contributed by atoms with Gasteiger partial charge in [0.2, 0.25) is 5.95 Å². The van der Waals surface area contributed by atoms with Crippen LogP contribution in [-0.2, 0) is 20.1 Å². The summed E-state index contributed by atoms with van der Waals surface area (Å²) >= 11 is 0. The maximum absolute atomic E-state index is 14.6. The van der Waals surface area contributed by atoms with Crippen LogP contribution in [0.3, 0.4) is 0 Å². The molecule has 4 aromatic heterocycles. The largest absolute Gasteiger partial charge is 0.340 e. The molecule has 2 amide bonds. The number of imidazole rings is 1. The molecule has 2 aliphatic rings. The quantitative estimate of drug-likeness (QED) is 0.234. The molecular formula is C39H34N10O4. The highest BCUT2D eigenvalue weighted by Crippen LogP contribution is 2.31. The Bertz CT molecular complexity index is 2770. The van der Waals surface area contributed by atoms with Gasteiger partial charge in [-0.3, -0.25) is 33.0 Å². The second-order valence-corrected chi connectivity index (χ2v) is 13.7. The predicted molar refractivity (Wildman–Crippen MR) is 198 cm³/mol. The Hall–Kier alpha value is -6.57. The van der Waals surface area contributed by atoms with Gasteiger partial charge in [0, 0.05) is 42.3 Å². The van der Waals surface area contributed by atoms with Gasteiger partial charge in [0.25, 0.3) is 17.4 Å². The maximum Gasteiger partial charge on any atom is 0.332 e. The van der Waals surface area contributed by atoms with Crippen molar-refractivity contribution < 1.29 is 9.59 Å². The van der Waals surface area contributed by atoms with E-state index in [1.807, 2.05) is 67.3 Å². The molecule has 0 spiro atoms. The number of hydrogen-bond acceptors (Lipinski definition) is 10. The van der Waals surface area contributed by atoms with E-state index >= 15 is 0 Å². The van der Waals surface area contributed by atoms with Crippen molar-refractivity contribution in [3.63, 3.8) is 0 Å². The monoisotopic (exact) mass is 706 g/mol. The molecule has 1 fully saturated rings. The van der Waals surface area contributed by atoms with Crippen LogP contribution in [0.1, 0.15) is 56.6 Å². The van der Waals surface area contributed by atoms with E-state index in [2.05, 4.69) is 9.97 Å². The summed E-state index contributed by atoms with van der Waals surface area (Å²) in [7, 11) is 1.59. The number of carbonyl (C=O) groups excluding carboxylic acids is 2. The van der Waals surface area contributed by atoms with Crippen LogP contribution in [-0.4, -0.2) is 74.5 Å². The molecule has 1 saturated heterocycles. The Morgan fingerprint density at radius 2 is 1.23 bits per heavy atom. The molecule has 2 aliphatic heterocycles. The molecule has 7 aromatic rings. The van der Waals surface area contributed by atoms with E-state index in [-0.39, 0.29) is 36.1 Å². The number of carbonyl (C=O) groups is 2. The normalized spacial score (nSPS) is 16.0. The van der Waals surface area contributed by atoms with Gasteiger partial charge in [0.05, 0.1) is 41.3 Å². The highest BCUT2D eigenvalue weighted by atomic mass is 16.2. The Kier molecular flexibility index (Phi) is 7.50. The van der Waals surface area contributed by atoms with Crippen molar-refractivity contribution in [1.82, 2.24) is 43.5 Å². The van der Waals surface area contributed by atoms with E-state index in [9.17, 15) is 19.2 Å². The third-order valence-corrected chi connectivity index (χ3v) is 10.4. The molecule has 1 atom stereocenters. The number of piperidine rings is 1. The lowest BCUT2D eigenvalue weighted by Crippen LogP contribution is -2.50. The summed E-state index contributed by atoms with van der Waals surface area (Å²) in [5, 5.41) is 1.81. The first kappa shape index (κ1) is 32.3. The summed E-state index contributed by atoms with van der Waals surface area (Å²) in [6.45, 7) is 4.56. The summed E-state index contributed by atoms with van der Waals surface area (Å²) in [6.07, 6.45) is 1.28. The molecule has 264 valence electrons. The first-order valence-corrected chi connectivity index (χ1v) is 17.5. The number of aromatic nitrogens is 8. The summed E-state index contributed by atoms with van der Waals surface area (Å²) in [5.74, 6) is 0.575. The summed E-state index contributed by atoms with van der Waals surface area (Å²) in [5.41, 5.74) is 3.07. The van der Waals surface area contributed by atoms with Gasteiger partial charge in [-0.25, -0.2) is 24.7 Å². The predicted octanol–water partition coefficient (Wildman–Crippen LogP) is 3.76. The standard InChI is InChI=1S/C39H34N10O4/c1-22-25-12-6-8-16-29(25)42-31(40-22)20-47-33-34(45(3)39(53)48(37(33)52)21-32-41-23(2)26-13-7-9-17-30(26)43-32)44-38(47)46-18-10-11-24(19-46)49-35(50)27-14-4-5-15-28(27)36(49)51/h4-9,12-17,24H,10-11,18-21H2,1-3H3/t24-/m1/s1. The van der Waals surface area contributed by atoms with E-state index in [4.69, 9.17) is 15.0 Å². The number of anilines is 1. The number of imide groups is 1.